The van der Waals surface area contributed by atoms with Gasteiger partial charge in [0, 0.05) is 31.4 Å². The Balaban J connectivity index is 1.79. The van der Waals surface area contributed by atoms with Gasteiger partial charge in [0.05, 0.1) is 12.0 Å². The lowest BCUT2D eigenvalue weighted by Crippen LogP contribution is -2.31. The summed E-state index contributed by atoms with van der Waals surface area (Å²) in [5.41, 5.74) is 3.18. The number of hydrogen-bond donors (Lipinski definition) is 1. The molecule has 6 nitrogen and oxygen atoms in total. The molecule has 1 aromatic carbocycles. The number of nitrogens with one attached hydrogen (secondary N) is 1. The van der Waals surface area contributed by atoms with E-state index in [0.29, 0.717) is 18.8 Å². The van der Waals surface area contributed by atoms with Gasteiger partial charge in [0.1, 0.15) is 17.5 Å². The van der Waals surface area contributed by atoms with E-state index in [1.165, 1.54) is 0 Å². The molecule has 1 atom stereocenters. The lowest BCUT2D eigenvalue weighted by atomic mass is 10.00. The van der Waals surface area contributed by atoms with E-state index in [0.717, 1.165) is 29.0 Å². The van der Waals surface area contributed by atoms with E-state index in [1.807, 2.05) is 47.4 Å². The molecule has 0 saturated heterocycles. The molecule has 1 unspecified atom stereocenters. The summed E-state index contributed by atoms with van der Waals surface area (Å²) in [4.78, 5) is 14.7. The normalized spacial score (nSPS) is 16.4. The first-order chi connectivity index (χ1) is 12.3. The number of methoxy groups -OCH3 is 1. The van der Waals surface area contributed by atoms with Crippen molar-refractivity contribution in [3.05, 3.63) is 65.7 Å². The number of aromatic amines is 1. The minimum absolute atomic E-state index is 0.0535. The van der Waals surface area contributed by atoms with Crippen LogP contribution in [-0.4, -0.2) is 41.3 Å². The number of fused-ring (bicyclic) bond motifs is 1. The van der Waals surface area contributed by atoms with Crippen LogP contribution in [0, 0.1) is 0 Å². The van der Waals surface area contributed by atoms with Crippen molar-refractivity contribution in [2.45, 2.75) is 12.5 Å². The van der Waals surface area contributed by atoms with Gasteiger partial charge in [0.2, 0.25) is 0 Å². The third-order valence-electron chi connectivity index (χ3n) is 4.47. The van der Waals surface area contributed by atoms with E-state index in [2.05, 4.69) is 10.2 Å². The van der Waals surface area contributed by atoms with Gasteiger partial charge in [0.15, 0.2) is 0 Å². The van der Waals surface area contributed by atoms with Crippen LogP contribution in [0.3, 0.4) is 0 Å². The molecule has 0 fully saturated rings. The fraction of sp³-hybridized carbons (Fsp3) is 0.263. The zero-order valence-corrected chi connectivity index (χ0v) is 13.9. The van der Waals surface area contributed by atoms with Crippen LogP contribution in [0.1, 0.15) is 34.3 Å². The number of furan rings is 1. The summed E-state index contributed by atoms with van der Waals surface area (Å²) in [6, 6.07) is 13.3. The summed E-state index contributed by atoms with van der Waals surface area (Å²) >= 11 is 0. The Kier molecular flexibility index (Phi) is 4.11. The molecule has 1 N–H and O–H groups in total. The summed E-state index contributed by atoms with van der Waals surface area (Å²) in [5, 5.41) is 7.34. The second-order valence-corrected chi connectivity index (χ2v) is 5.99. The van der Waals surface area contributed by atoms with Gasteiger partial charge in [0.25, 0.3) is 5.91 Å². The number of rotatable bonds is 6. The molecule has 0 saturated carbocycles. The van der Waals surface area contributed by atoms with Crippen molar-refractivity contribution >= 4 is 5.91 Å². The number of aromatic nitrogens is 2. The van der Waals surface area contributed by atoms with Gasteiger partial charge >= 0.3 is 0 Å². The van der Waals surface area contributed by atoms with E-state index in [-0.39, 0.29) is 11.9 Å². The second kappa shape index (κ2) is 6.57. The Labute approximate surface area is 145 Å². The summed E-state index contributed by atoms with van der Waals surface area (Å²) in [6.07, 6.45) is 2.39. The van der Waals surface area contributed by atoms with Crippen molar-refractivity contribution in [3.8, 4) is 11.3 Å². The van der Waals surface area contributed by atoms with Crippen LogP contribution in [0.15, 0.2) is 53.1 Å². The van der Waals surface area contributed by atoms with Crippen LogP contribution in [0.25, 0.3) is 11.3 Å². The Morgan fingerprint density at radius 1 is 1.24 bits per heavy atom. The van der Waals surface area contributed by atoms with Gasteiger partial charge in [-0.1, -0.05) is 30.3 Å². The molecule has 6 heteroatoms. The van der Waals surface area contributed by atoms with Crippen LogP contribution in [0.4, 0.5) is 0 Å². The Morgan fingerprint density at radius 2 is 2.08 bits per heavy atom. The maximum absolute atomic E-state index is 12.9. The summed E-state index contributed by atoms with van der Waals surface area (Å²) in [7, 11) is 1.66. The van der Waals surface area contributed by atoms with Crippen LogP contribution < -0.4 is 0 Å². The average Bonchev–Trinajstić information content (AvgIpc) is 3.35. The monoisotopic (exact) mass is 337 g/mol. The highest BCUT2D eigenvalue weighted by Crippen LogP contribution is 2.42. The third kappa shape index (κ3) is 2.64. The Hall–Kier alpha value is -2.86. The van der Waals surface area contributed by atoms with Gasteiger partial charge in [-0.15, -0.1) is 0 Å². The van der Waals surface area contributed by atoms with E-state index in [4.69, 9.17) is 9.15 Å². The molecule has 1 amide bonds. The molecular formula is C19H19N3O3. The topological polar surface area (TPSA) is 71.4 Å². The number of carbonyl (C=O) groups is 1. The Morgan fingerprint density at radius 3 is 2.80 bits per heavy atom. The number of amides is 1. The van der Waals surface area contributed by atoms with Gasteiger partial charge in [-0.25, -0.2) is 0 Å². The molecule has 0 bridgehead atoms. The van der Waals surface area contributed by atoms with Gasteiger partial charge in [-0.05, 0) is 18.6 Å². The second-order valence-electron chi connectivity index (χ2n) is 5.99. The van der Waals surface area contributed by atoms with Crippen molar-refractivity contribution < 1.29 is 13.9 Å². The molecular weight excluding hydrogens is 318 g/mol. The number of hydrogen-bond acceptors (Lipinski definition) is 4. The highest BCUT2D eigenvalue weighted by atomic mass is 16.5. The predicted octanol–water partition coefficient (Wildman–Crippen LogP) is 3.25. The van der Waals surface area contributed by atoms with E-state index in [9.17, 15) is 4.79 Å². The van der Waals surface area contributed by atoms with Gasteiger partial charge in [-0.3, -0.25) is 9.89 Å². The summed E-state index contributed by atoms with van der Waals surface area (Å²) < 4.78 is 10.8. The quantitative estimate of drug-likeness (QED) is 0.701. The third-order valence-corrected chi connectivity index (χ3v) is 4.47. The van der Waals surface area contributed by atoms with Gasteiger partial charge < -0.3 is 14.1 Å². The van der Waals surface area contributed by atoms with Gasteiger partial charge in [-0.2, -0.15) is 5.10 Å². The Bertz CT molecular complexity index is 855. The predicted molar refractivity (Wildman–Crippen MR) is 92.1 cm³/mol. The number of carbonyl (C=O) groups excluding carboxylic acids is 1. The molecule has 128 valence electrons. The summed E-state index contributed by atoms with van der Waals surface area (Å²) in [6.45, 7) is 1.20. The number of ether oxygens (including phenoxy) is 1. The fourth-order valence-corrected chi connectivity index (χ4v) is 3.37. The molecule has 3 aromatic rings. The SMILES string of the molecule is COCCCN1C(=O)c2[nH]nc(-c3ccccc3)c2C1c1ccco1. The van der Waals surface area contributed by atoms with Crippen molar-refractivity contribution in [2.75, 3.05) is 20.3 Å². The van der Waals surface area contributed by atoms with E-state index in [1.54, 1.807) is 13.4 Å². The molecule has 0 spiro atoms. The molecule has 25 heavy (non-hydrogen) atoms. The lowest BCUT2D eigenvalue weighted by Gasteiger charge is -2.24. The highest BCUT2D eigenvalue weighted by molar-refractivity contribution is 6.00. The average molecular weight is 337 g/mol. The number of H-pyrrole nitrogens is 1. The highest BCUT2D eigenvalue weighted by Gasteiger charge is 2.43. The zero-order chi connectivity index (χ0) is 17.2. The van der Waals surface area contributed by atoms with Crippen molar-refractivity contribution in [1.82, 2.24) is 15.1 Å². The maximum atomic E-state index is 12.9. The first-order valence-corrected chi connectivity index (χ1v) is 8.28. The lowest BCUT2D eigenvalue weighted by molar-refractivity contribution is 0.0708. The van der Waals surface area contributed by atoms with E-state index < -0.39 is 0 Å². The minimum Gasteiger partial charge on any atom is -0.467 e. The smallest absolute Gasteiger partial charge is 0.273 e. The first-order valence-electron chi connectivity index (χ1n) is 8.28. The molecule has 2 aromatic heterocycles. The van der Waals surface area contributed by atoms with Crippen LogP contribution in [0.2, 0.25) is 0 Å². The molecule has 1 aliphatic heterocycles. The number of benzene rings is 1. The van der Waals surface area contributed by atoms with Crippen LogP contribution in [-0.2, 0) is 4.74 Å². The molecule has 0 radical (unpaired) electrons. The maximum Gasteiger partial charge on any atom is 0.273 e. The van der Waals surface area contributed by atoms with Crippen LogP contribution >= 0.6 is 0 Å². The number of nitrogens with zero attached hydrogens (tertiary/aromatic N) is 2. The molecule has 3 heterocycles. The van der Waals surface area contributed by atoms with Crippen molar-refractivity contribution in [3.63, 3.8) is 0 Å². The minimum atomic E-state index is -0.275. The largest absolute Gasteiger partial charge is 0.467 e. The molecule has 4 rings (SSSR count). The fourth-order valence-electron chi connectivity index (χ4n) is 3.37. The van der Waals surface area contributed by atoms with Crippen LogP contribution in [0.5, 0.6) is 0 Å². The molecule has 1 aliphatic rings. The standard InChI is InChI=1S/C19H19N3O3/c1-24-11-6-10-22-18(14-9-5-12-25-14)15-16(13-7-3-2-4-8-13)20-21-17(15)19(22)23/h2-5,7-9,12,18H,6,10-11H2,1H3,(H,20,21). The summed E-state index contributed by atoms with van der Waals surface area (Å²) in [5.74, 6) is 0.685. The zero-order valence-electron chi connectivity index (χ0n) is 13.9. The van der Waals surface area contributed by atoms with Crippen molar-refractivity contribution in [2.24, 2.45) is 0 Å². The first kappa shape index (κ1) is 15.7. The van der Waals surface area contributed by atoms with E-state index >= 15 is 0 Å². The van der Waals surface area contributed by atoms with Crippen molar-refractivity contribution in [1.29, 1.82) is 0 Å². The molecule has 0 aliphatic carbocycles.